The Kier molecular flexibility index (Phi) is 1.39. The van der Waals surface area contributed by atoms with Gasteiger partial charge in [0, 0.05) is 18.1 Å². The van der Waals surface area contributed by atoms with Gasteiger partial charge in [-0.25, -0.2) is 4.98 Å². The smallest absolute Gasteiger partial charge is 0.136 e. The fraction of sp³-hybridized carbons (Fsp3) is 0.222. The van der Waals surface area contributed by atoms with Crippen LogP contribution in [0.3, 0.4) is 0 Å². The summed E-state index contributed by atoms with van der Waals surface area (Å²) in [6.07, 6.45) is 5.05. The summed E-state index contributed by atoms with van der Waals surface area (Å²) in [5, 5.41) is 0. The molecule has 56 valence electrons. The molecule has 0 saturated heterocycles. The quantitative estimate of drug-likeness (QED) is 0.600. The molecule has 0 radical (unpaired) electrons. The summed E-state index contributed by atoms with van der Waals surface area (Å²) in [5.74, 6) is 0. The maximum absolute atomic E-state index is 4.42. The summed E-state index contributed by atoms with van der Waals surface area (Å²) >= 11 is 0. The molecule has 0 fully saturated rings. The van der Waals surface area contributed by atoms with Gasteiger partial charge in [0.1, 0.15) is 5.65 Å². The molecule has 2 nitrogen and oxygen atoms in total. The van der Waals surface area contributed by atoms with Gasteiger partial charge >= 0.3 is 0 Å². The fourth-order valence-corrected chi connectivity index (χ4v) is 1.15. The first-order chi connectivity index (χ1) is 5.40. The highest BCUT2D eigenvalue weighted by molar-refractivity contribution is 5.39. The lowest BCUT2D eigenvalue weighted by Crippen LogP contribution is -1.90. The van der Waals surface area contributed by atoms with Crippen LogP contribution in [0.25, 0.3) is 5.65 Å². The molecule has 0 unspecified atom stereocenters. The Morgan fingerprint density at radius 2 is 2.27 bits per heavy atom. The van der Waals surface area contributed by atoms with Gasteiger partial charge in [-0.2, -0.15) is 0 Å². The van der Waals surface area contributed by atoms with Crippen LogP contribution in [0.15, 0.2) is 30.6 Å². The Balaban J connectivity index is 2.67. The van der Waals surface area contributed by atoms with Crippen LogP contribution in [0.4, 0.5) is 0 Å². The molecular formula is C9H10N2. The van der Waals surface area contributed by atoms with Crippen LogP contribution in [0, 0.1) is 0 Å². The van der Waals surface area contributed by atoms with Gasteiger partial charge in [-0.3, -0.25) is 0 Å². The van der Waals surface area contributed by atoms with Gasteiger partial charge < -0.3 is 4.40 Å². The molecule has 0 N–H and O–H groups in total. The molecule has 0 amide bonds. The van der Waals surface area contributed by atoms with Crippen molar-refractivity contribution in [2.24, 2.45) is 0 Å². The normalized spacial score (nSPS) is 10.6. The Morgan fingerprint density at radius 1 is 1.36 bits per heavy atom. The predicted octanol–water partition coefficient (Wildman–Crippen LogP) is 1.90. The topological polar surface area (TPSA) is 17.3 Å². The van der Waals surface area contributed by atoms with E-state index in [-0.39, 0.29) is 0 Å². The number of hydrogen-bond donors (Lipinski definition) is 0. The molecule has 2 heteroatoms. The Labute approximate surface area is 65.5 Å². The van der Waals surface area contributed by atoms with Crippen molar-refractivity contribution < 1.29 is 0 Å². The molecule has 0 aliphatic heterocycles. The first-order valence-corrected chi connectivity index (χ1v) is 3.83. The maximum Gasteiger partial charge on any atom is 0.136 e. The summed E-state index contributed by atoms with van der Waals surface area (Å²) in [6.45, 7) is 2.11. The van der Waals surface area contributed by atoms with Crippen molar-refractivity contribution >= 4 is 5.65 Å². The number of aromatic nitrogens is 2. The lowest BCUT2D eigenvalue weighted by molar-refractivity contribution is 1.01. The first-order valence-electron chi connectivity index (χ1n) is 3.83. The molecule has 2 heterocycles. The van der Waals surface area contributed by atoms with Gasteiger partial charge in [-0.1, -0.05) is 6.92 Å². The van der Waals surface area contributed by atoms with Gasteiger partial charge in [0.05, 0.1) is 0 Å². The molecule has 2 aromatic heterocycles. The van der Waals surface area contributed by atoms with Crippen molar-refractivity contribution in [2.75, 3.05) is 0 Å². The summed E-state index contributed by atoms with van der Waals surface area (Å²) in [5.41, 5.74) is 2.18. The second-order valence-electron chi connectivity index (χ2n) is 2.55. The summed E-state index contributed by atoms with van der Waals surface area (Å²) in [4.78, 5) is 4.42. The van der Waals surface area contributed by atoms with E-state index in [0.29, 0.717) is 0 Å². The third-order valence-electron chi connectivity index (χ3n) is 1.80. The third kappa shape index (κ3) is 1.00. The van der Waals surface area contributed by atoms with E-state index in [1.165, 1.54) is 0 Å². The van der Waals surface area contributed by atoms with Gasteiger partial charge in [-0.05, 0) is 24.6 Å². The molecule has 0 saturated carbocycles. The molecule has 0 aromatic carbocycles. The molecule has 0 atom stereocenters. The maximum atomic E-state index is 4.42. The highest BCUT2D eigenvalue weighted by atomic mass is 15.0. The number of fused-ring (bicyclic) bond motifs is 1. The first kappa shape index (κ1) is 6.40. The van der Waals surface area contributed by atoms with Crippen molar-refractivity contribution in [1.29, 1.82) is 0 Å². The van der Waals surface area contributed by atoms with E-state index in [1.807, 2.05) is 35.0 Å². The van der Waals surface area contributed by atoms with Crippen molar-refractivity contribution in [1.82, 2.24) is 9.38 Å². The molecule has 11 heavy (non-hydrogen) atoms. The van der Waals surface area contributed by atoms with Crippen molar-refractivity contribution in [3.63, 3.8) is 0 Å². The molecular weight excluding hydrogens is 136 g/mol. The Hall–Kier alpha value is -1.31. The second-order valence-corrected chi connectivity index (χ2v) is 2.55. The van der Waals surface area contributed by atoms with Gasteiger partial charge in [-0.15, -0.1) is 0 Å². The van der Waals surface area contributed by atoms with Gasteiger partial charge in [0.15, 0.2) is 0 Å². The lowest BCUT2D eigenvalue weighted by atomic mass is 10.3. The molecule has 0 aliphatic carbocycles. The zero-order valence-electron chi connectivity index (χ0n) is 6.49. The zero-order chi connectivity index (χ0) is 7.68. The van der Waals surface area contributed by atoms with Crippen LogP contribution >= 0.6 is 0 Å². The molecule has 2 aromatic rings. The van der Waals surface area contributed by atoms with E-state index in [1.54, 1.807) is 0 Å². The zero-order valence-corrected chi connectivity index (χ0v) is 6.49. The Bertz CT molecular complexity index is 362. The largest absolute Gasteiger partial charge is 0.309 e. The average molecular weight is 146 g/mol. The van der Waals surface area contributed by atoms with Crippen LogP contribution in [0.1, 0.15) is 12.6 Å². The molecule has 2 rings (SSSR count). The average Bonchev–Trinajstić information content (AvgIpc) is 2.50. The predicted molar refractivity (Wildman–Crippen MR) is 44.6 cm³/mol. The van der Waals surface area contributed by atoms with Crippen LogP contribution in [-0.2, 0) is 6.42 Å². The number of nitrogens with zero attached hydrogens (tertiary/aromatic N) is 2. The summed E-state index contributed by atoms with van der Waals surface area (Å²) in [7, 11) is 0. The summed E-state index contributed by atoms with van der Waals surface area (Å²) < 4.78 is 2.01. The minimum Gasteiger partial charge on any atom is -0.309 e. The number of rotatable bonds is 1. The summed E-state index contributed by atoms with van der Waals surface area (Å²) in [6, 6.07) is 6.06. The molecule has 0 bridgehead atoms. The van der Waals surface area contributed by atoms with E-state index in [2.05, 4.69) is 11.9 Å². The van der Waals surface area contributed by atoms with Gasteiger partial charge in [0.25, 0.3) is 0 Å². The third-order valence-corrected chi connectivity index (χ3v) is 1.80. The van der Waals surface area contributed by atoms with Crippen LogP contribution in [-0.4, -0.2) is 9.38 Å². The second kappa shape index (κ2) is 2.38. The van der Waals surface area contributed by atoms with E-state index in [0.717, 1.165) is 17.8 Å². The van der Waals surface area contributed by atoms with E-state index < -0.39 is 0 Å². The SMILES string of the molecule is CCc1ccn2cccc2n1. The van der Waals surface area contributed by atoms with Crippen LogP contribution in [0.5, 0.6) is 0 Å². The lowest BCUT2D eigenvalue weighted by Gasteiger charge is -1.96. The van der Waals surface area contributed by atoms with Crippen molar-refractivity contribution in [3.05, 3.63) is 36.3 Å². The van der Waals surface area contributed by atoms with E-state index in [4.69, 9.17) is 0 Å². The minimum absolute atomic E-state index is 1.00. The van der Waals surface area contributed by atoms with E-state index >= 15 is 0 Å². The number of aryl methyl sites for hydroxylation is 1. The molecule has 0 spiro atoms. The fourth-order valence-electron chi connectivity index (χ4n) is 1.15. The highest BCUT2D eigenvalue weighted by Crippen LogP contribution is 2.02. The molecule has 0 aliphatic rings. The monoisotopic (exact) mass is 146 g/mol. The Morgan fingerprint density at radius 3 is 3.09 bits per heavy atom. The minimum atomic E-state index is 1.00. The highest BCUT2D eigenvalue weighted by Gasteiger charge is 1.93. The number of hydrogen-bond acceptors (Lipinski definition) is 1. The van der Waals surface area contributed by atoms with E-state index in [9.17, 15) is 0 Å². The van der Waals surface area contributed by atoms with Crippen LogP contribution in [0.2, 0.25) is 0 Å². The standard InChI is InChI=1S/C9H10N2/c1-2-8-5-7-11-6-3-4-9(11)10-8/h3-7H,2H2,1H3. The van der Waals surface area contributed by atoms with Crippen LogP contribution < -0.4 is 0 Å². The van der Waals surface area contributed by atoms with Crippen molar-refractivity contribution in [2.45, 2.75) is 13.3 Å². The van der Waals surface area contributed by atoms with Gasteiger partial charge in [0.2, 0.25) is 0 Å². The van der Waals surface area contributed by atoms with Crippen molar-refractivity contribution in [3.8, 4) is 0 Å².